The van der Waals surface area contributed by atoms with E-state index in [4.69, 9.17) is 0 Å². The van der Waals surface area contributed by atoms with Gasteiger partial charge in [0.2, 0.25) is 5.91 Å². The van der Waals surface area contributed by atoms with E-state index in [1.165, 1.54) is 11.3 Å². The van der Waals surface area contributed by atoms with Gasteiger partial charge in [0.25, 0.3) is 0 Å². The van der Waals surface area contributed by atoms with E-state index in [2.05, 4.69) is 43.5 Å². The van der Waals surface area contributed by atoms with E-state index < -0.39 is 0 Å². The van der Waals surface area contributed by atoms with E-state index in [1.807, 2.05) is 12.1 Å². The molecule has 3 nitrogen and oxygen atoms in total. The SMILES string of the molecule is CCC(NC(=O)CC1CNc2ccccc21)C(C)C. The molecule has 19 heavy (non-hydrogen) atoms. The maximum absolute atomic E-state index is 12.1. The van der Waals surface area contributed by atoms with Crippen LogP contribution in [0, 0.1) is 5.92 Å². The van der Waals surface area contributed by atoms with Crippen molar-refractivity contribution in [1.29, 1.82) is 0 Å². The predicted molar refractivity (Wildman–Crippen MR) is 79.3 cm³/mol. The molecule has 3 heteroatoms. The highest BCUT2D eigenvalue weighted by atomic mass is 16.1. The molecule has 0 bridgehead atoms. The van der Waals surface area contributed by atoms with Crippen molar-refractivity contribution in [3.8, 4) is 0 Å². The second-order valence-electron chi connectivity index (χ2n) is 5.70. The van der Waals surface area contributed by atoms with Gasteiger partial charge in [-0.15, -0.1) is 0 Å². The Morgan fingerprint density at radius 2 is 2.16 bits per heavy atom. The maximum atomic E-state index is 12.1. The largest absolute Gasteiger partial charge is 0.384 e. The normalized spacial score (nSPS) is 18.8. The predicted octanol–water partition coefficient (Wildman–Crippen LogP) is 3.14. The third-order valence-electron chi connectivity index (χ3n) is 3.96. The molecule has 0 radical (unpaired) electrons. The topological polar surface area (TPSA) is 41.1 Å². The first-order valence-corrected chi connectivity index (χ1v) is 7.24. The molecule has 2 atom stereocenters. The molecule has 2 unspecified atom stereocenters. The van der Waals surface area contributed by atoms with Crippen LogP contribution in [0.2, 0.25) is 0 Å². The number of amides is 1. The van der Waals surface area contributed by atoms with Gasteiger partial charge in [-0.3, -0.25) is 4.79 Å². The summed E-state index contributed by atoms with van der Waals surface area (Å²) >= 11 is 0. The average Bonchev–Trinajstić information content (AvgIpc) is 2.79. The number of carbonyl (C=O) groups excluding carboxylic acids is 1. The molecule has 0 aromatic heterocycles. The summed E-state index contributed by atoms with van der Waals surface area (Å²) in [4.78, 5) is 12.1. The fraction of sp³-hybridized carbons (Fsp3) is 0.562. The van der Waals surface area contributed by atoms with Crippen LogP contribution in [0.15, 0.2) is 24.3 Å². The Balaban J connectivity index is 1.94. The fourth-order valence-electron chi connectivity index (χ4n) is 2.77. The molecule has 1 aliphatic rings. The number of fused-ring (bicyclic) bond motifs is 1. The van der Waals surface area contributed by atoms with Crippen LogP contribution in [-0.2, 0) is 4.79 Å². The zero-order valence-electron chi connectivity index (χ0n) is 12.1. The van der Waals surface area contributed by atoms with Crippen molar-refractivity contribution in [2.24, 2.45) is 5.92 Å². The van der Waals surface area contributed by atoms with E-state index in [0.717, 1.165) is 13.0 Å². The third-order valence-corrected chi connectivity index (χ3v) is 3.96. The number of para-hydroxylation sites is 1. The lowest BCUT2D eigenvalue weighted by Gasteiger charge is -2.21. The van der Waals surface area contributed by atoms with Crippen LogP contribution in [0.3, 0.4) is 0 Å². The highest BCUT2D eigenvalue weighted by molar-refractivity contribution is 5.78. The molecule has 0 spiro atoms. The van der Waals surface area contributed by atoms with Gasteiger partial charge >= 0.3 is 0 Å². The van der Waals surface area contributed by atoms with Crippen molar-refractivity contribution in [3.05, 3.63) is 29.8 Å². The van der Waals surface area contributed by atoms with Crippen LogP contribution in [0.1, 0.15) is 45.1 Å². The molecule has 0 saturated heterocycles. The first-order chi connectivity index (χ1) is 9.11. The Kier molecular flexibility index (Phi) is 4.46. The zero-order valence-corrected chi connectivity index (χ0v) is 12.1. The van der Waals surface area contributed by atoms with E-state index in [0.29, 0.717) is 18.3 Å². The molecule has 1 aliphatic heterocycles. The Morgan fingerprint density at radius 3 is 2.84 bits per heavy atom. The lowest BCUT2D eigenvalue weighted by molar-refractivity contribution is -0.122. The van der Waals surface area contributed by atoms with Crippen molar-refractivity contribution >= 4 is 11.6 Å². The first-order valence-electron chi connectivity index (χ1n) is 7.24. The second-order valence-corrected chi connectivity index (χ2v) is 5.70. The molecule has 1 aromatic rings. The molecular weight excluding hydrogens is 236 g/mol. The molecule has 1 amide bonds. The van der Waals surface area contributed by atoms with E-state index in [-0.39, 0.29) is 11.9 Å². The average molecular weight is 260 g/mol. The lowest BCUT2D eigenvalue weighted by atomic mass is 9.96. The minimum Gasteiger partial charge on any atom is -0.384 e. The Hall–Kier alpha value is -1.51. The van der Waals surface area contributed by atoms with Gasteiger partial charge in [0.05, 0.1) is 0 Å². The molecule has 2 N–H and O–H groups in total. The van der Waals surface area contributed by atoms with Gasteiger partial charge in [0.15, 0.2) is 0 Å². The second kappa shape index (κ2) is 6.09. The molecule has 104 valence electrons. The molecular formula is C16H24N2O. The lowest BCUT2D eigenvalue weighted by Crippen LogP contribution is -2.38. The summed E-state index contributed by atoms with van der Waals surface area (Å²) in [6.45, 7) is 7.30. The summed E-state index contributed by atoms with van der Waals surface area (Å²) in [5.74, 6) is 0.966. The molecule has 1 heterocycles. The number of carbonyl (C=O) groups is 1. The molecule has 1 aromatic carbocycles. The number of rotatable bonds is 5. The quantitative estimate of drug-likeness (QED) is 0.854. The van der Waals surface area contributed by atoms with Gasteiger partial charge in [-0.1, -0.05) is 39.0 Å². The summed E-state index contributed by atoms with van der Waals surface area (Å²) < 4.78 is 0. The van der Waals surface area contributed by atoms with Crippen molar-refractivity contribution < 1.29 is 4.79 Å². The number of hydrogen-bond acceptors (Lipinski definition) is 2. The number of benzene rings is 1. The fourth-order valence-corrected chi connectivity index (χ4v) is 2.77. The summed E-state index contributed by atoms with van der Waals surface area (Å²) in [6, 6.07) is 8.56. The molecule has 0 saturated carbocycles. The number of anilines is 1. The third kappa shape index (κ3) is 3.28. The smallest absolute Gasteiger partial charge is 0.220 e. The van der Waals surface area contributed by atoms with E-state index in [9.17, 15) is 4.79 Å². The van der Waals surface area contributed by atoms with Crippen molar-refractivity contribution in [2.45, 2.75) is 45.6 Å². The molecule has 0 aliphatic carbocycles. The van der Waals surface area contributed by atoms with Gasteiger partial charge in [-0.2, -0.15) is 0 Å². The van der Waals surface area contributed by atoms with Gasteiger partial charge in [0, 0.05) is 30.6 Å². The number of nitrogens with one attached hydrogen (secondary N) is 2. The van der Waals surface area contributed by atoms with Crippen molar-refractivity contribution in [2.75, 3.05) is 11.9 Å². The first kappa shape index (κ1) is 13.9. The van der Waals surface area contributed by atoms with E-state index in [1.54, 1.807) is 0 Å². The monoisotopic (exact) mass is 260 g/mol. The van der Waals surface area contributed by atoms with Crippen molar-refractivity contribution in [1.82, 2.24) is 5.32 Å². The summed E-state index contributed by atoms with van der Waals surface area (Å²) in [6.07, 6.45) is 1.57. The molecule has 2 rings (SSSR count). The Morgan fingerprint density at radius 1 is 1.42 bits per heavy atom. The highest BCUT2D eigenvalue weighted by Crippen LogP contribution is 2.33. The van der Waals surface area contributed by atoms with Crippen LogP contribution in [-0.4, -0.2) is 18.5 Å². The van der Waals surface area contributed by atoms with Gasteiger partial charge in [0.1, 0.15) is 0 Å². The Labute approximate surface area is 115 Å². The van der Waals surface area contributed by atoms with Crippen LogP contribution in [0.4, 0.5) is 5.69 Å². The van der Waals surface area contributed by atoms with Gasteiger partial charge in [-0.05, 0) is 24.0 Å². The van der Waals surface area contributed by atoms with Crippen LogP contribution in [0.5, 0.6) is 0 Å². The van der Waals surface area contributed by atoms with Crippen LogP contribution in [0.25, 0.3) is 0 Å². The summed E-state index contributed by atoms with van der Waals surface area (Å²) in [5, 5.41) is 6.52. The van der Waals surface area contributed by atoms with Gasteiger partial charge in [-0.25, -0.2) is 0 Å². The number of hydrogen-bond donors (Lipinski definition) is 2. The van der Waals surface area contributed by atoms with Crippen LogP contribution >= 0.6 is 0 Å². The standard InChI is InChI=1S/C16H24N2O/c1-4-14(11(2)3)18-16(19)9-12-10-17-15-8-6-5-7-13(12)15/h5-8,11-12,14,17H,4,9-10H2,1-3H3,(H,18,19). The zero-order chi connectivity index (χ0) is 13.8. The maximum Gasteiger partial charge on any atom is 0.220 e. The van der Waals surface area contributed by atoms with Crippen LogP contribution < -0.4 is 10.6 Å². The molecule has 0 fully saturated rings. The summed E-state index contributed by atoms with van der Waals surface area (Å²) in [7, 11) is 0. The highest BCUT2D eigenvalue weighted by Gasteiger charge is 2.25. The van der Waals surface area contributed by atoms with E-state index >= 15 is 0 Å². The Bertz CT molecular complexity index is 442. The van der Waals surface area contributed by atoms with Crippen molar-refractivity contribution in [3.63, 3.8) is 0 Å². The summed E-state index contributed by atoms with van der Waals surface area (Å²) in [5.41, 5.74) is 2.45. The van der Waals surface area contributed by atoms with Gasteiger partial charge < -0.3 is 10.6 Å². The minimum absolute atomic E-state index is 0.170. The minimum atomic E-state index is 0.170.